The van der Waals surface area contributed by atoms with Crippen molar-refractivity contribution in [1.82, 2.24) is 0 Å². The standard InChI is InChI=1S/C14H12F2N2O2/c1-20-12-7-8(5-6-11(12)17)18-14(19)13-9(15)3-2-4-10(13)16/h2-7H,17H2,1H3,(H,18,19). The second kappa shape index (κ2) is 5.56. The lowest BCUT2D eigenvalue weighted by Gasteiger charge is -2.10. The Morgan fingerprint density at radius 3 is 2.45 bits per heavy atom. The van der Waals surface area contributed by atoms with E-state index in [-0.39, 0.29) is 0 Å². The number of benzene rings is 2. The fourth-order valence-corrected chi connectivity index (χ4v) is 1.70. The summed E-state index contributed by atoms with van der Waals surface area (Å²) < 4.78 is 31.9. The lowest BCUT2D eigenvalue weighted by atomic mass is 10.1. The van der Waals surface area contributed by atoms with Crippen LogP contribution in [0, 0.1) is 11.6 Å². The molecular formula is C14H12F2N2O2. The Morgan fingerprint density at radius 1 is 1.20 bits per heavy atom. The van der Waals surface area contributed by atoms with E-state index in [4.69, 9.17) is 10.5 Å². The maximum absolute atomic E-state index is 13.5. The summed E-state index contributed by atoms with van der Waals surface area (Å²) in [6.07, 6.45) is 0. The predicted octanol–water partition coefficient (Wildman–Crippen LogP) is 2.81. The minimum atomic E-state index is -0.926. The molecule has 20 heavy (non-hydrogen) atoms. The molecule has 0 heterocycles. The minimum absolute atomic E-state index is 0.323. The van der Waals surface area contributed by atoms with E-state index in [0.29, 0.717) is 17.1 Å². The molecule has 2 rings (SSSR count). The van der Waals surface area contributed by atoms with Gasteiger partial charge in [-0.3, -0.25) is 4.79 Å². The average Bonchev–Trinajstić information content (AvgIpc) is 2.40. The van der Waals surface area contributed by atoms with E-state index in [1.807, 2.05) is 0 Å². The first-order valence-electron chi connectivity index (χ1n) is 5.72. The molecule has 0 aliphatic carbocycles. The predicted molar refractivity (Wildman–Crippen MR) is 71.7 cm³/mol. The Hall–Kier alpha value is -2.63. The van der Waals surface area contributed by atoms with Crippen molar-refractivity contribution in [3.05, 3.63) is 53.6 Å². The van der Waals surface area contributed by atoms with Crippen molar-refractivity contribution in [2.75, 3.05) is 18.2 Å². The van der Waals surface area contributed by atoms with Gasteiger partial charge in [0.05, 0.1) is 12.8 Å². The average molecular weight is 278 g/mol. The van der Waals surface area contributed by atoms with Crippen molar-refractivity contribution in [1.29, 1.82) is 0 Å². The number of carbonyl (C=O) groups is 1. The van der Waals surface area contributed by atoms with Gasteiger partial charge in [-0.15, -0.1) is 0 Å². The largest absolute Gasteiger partial charge is 0.495 e. The monoisotopic (exact) mass is 278 g/mol. The van der Waals surface area contributed by atoms with Gasteiger partial charge in [-0.2, -0.15) is 0 Å². The number of nitrogen functional groups attached to an aromatic ring is 1. The summed E-state index contributed by atoms with van der Waals surface area (Å²) in [5.74, 6) is -2.38. The zero-order valence-electron chi connectivity index (χ0n) is 10.6. The van der Waals surface area contributed by atoms with Gasteiger partial charge in [-0.1, -0.05) is 6.07 Å². The molecule has 0 fully saturated rings. The summed E-state index contributed by atoms with van der Waals surface area (Å²) in [4.78, 5) is 11.9. The highest BCUT2D eigenvalue weighted by atomic mass is 19.1. The maximum atomic E-state index is 13.5. The van der Waals surface area contributed by atoms with Crippen LogP contribution in [0.2, 0.25) is 0 Å². The fourth-order valence-electron chi connectivity index (χ4n) is 1.70. The number of amides is 1. The van der Waals surface area contributed by atoms with Crippen LogP contribution in [0.1, 0.15) is 10.4 Å². The molecule has 0 radical (unpaired) electrons. The third-order valence-corrected chi connectivity index (χ3v) is 2.68. The lowest BCUT2D eigenvalue weighted by molar-refractivity contribution is 0.101. The number of anilines is 2. The van der Waals surface area contributed by atoms with Gasteiger partial charge in [-0.05, 0) is 24.3 Å². The highest BCUT2D eigenvalue weighted by Gasteiger charge is 2.17. The van der Waals surface area contributed by atoms with E-state index in [9.17, 15) is 13.6 Å². The first kappa shape index (κ1) is 13.8. The third-order valence-electron chi connectivity index (χ3n) is 2.68. The summed E-state index contributed by atoms with van der Waals surface area (Å²) in [6.45, 7) is 0. The van der Waals surface area contributed by atoms with Gasteiger partial charge in [0, 0.05) is 11.8 Å². The number of hydrogen-bond donors (Lipinski definition) is 2. The van der Waals surface area contributed by atoms with Crippen LogP contribution in [-0.2, 0) is 0 Å². The summed E-state index contributed by atoms with van der Waals surface area (Å²) in [5, 5.41) is 2.39. The number of carbonyl (C=O) groups excluding carboxylic acids is 1. The molecule has 6 heteroatoms. The summed E-state index contributed by atoms with van der Waals surface area (Å²) in [5.41, 5.74) is 5.71. The van der Waals surface area contributed by atoms with Crippen LogP contribution >= 0.6 is 0 Å². The highest BCUT2D eigenvalue weighted by molar-refractivity contribution is 6.04. The minimum Gasteiger partial charge on any atom is -0.495 e. The molecule has 0 unspecified atom stereocenters. The molecule has 2 aromatic carbocycles. The molecule has 1 amide bonds. The summed E-state index contributed by atoms with van der Waals surface area (Å²) in [7, 11) is 1.42. The Balaban J connectivity index is 2.28. The van der Waals surface area contributed by atoms with Crippen LogP contribution in [0.15, 0.2) is 36.4 Å². The first-order chi connectivity index (χ1) is 9.52. The molecule has 0 saturated heterocycles. The molecule has 0 atom stereocenters. The van der Waals surface area contributed by atoms with Gasteiger partial charge in [0.15, 0.2) is 0 Å². The van der Waals surface area contributed by atoms with E-state index in [1.165, 1.54) is 31.4 Å². The van der Waals surface area contributed by atoms with Crippen LogP contribution in [0.5, 0.6) is 5.75 Å². The van der Waals surface area contributed by atoms with E-state index in [0.717, 1.165) is 12.1 Å². The van der Waals surface area contributed by atoms with E-state index in [1.54, 1.807) is 0 Å². The molecule has 0 saturated carbocycles. The van der Waals surface area contributed by atoms with Gasteiger partial charge in [-0.25, -0.2) is 8.78 Å². The van der Waals surface area contributed by atoms with Crippen LogP contribution in [0.4, 0.5) is 20.2 Å². The van der Waals surface area contributed by atoms with Crippen LogP contribution in [0.25, 0.3) is 0 Å². The SMILES string of the molecule is COc1cc(NC(=O)c2c(F)cccc2F)ccc1N. The molecule has 2 aromatic rings. The van der Waals surface area contributed by atoms with Gasteiger partial charge < -0.3 is 15.8 Å². The Kier molecular flexibility index (Phi) is 3.84. The quantitative estimate of drug-likeness (QED) is 0.848. The van der Waals surface area contributed by atoms with Gasteiger partial charge in [0.2, 0.25) is 0 Å². The molecule has 4 nitrogen and oxygen atoms in total. The Labute approximate surface area is 114 Å². The zero-order valence-corrected chi connectivity index (χ0v) is 10.6. The van der Waals surface area contributed by atoms with Crippen molar-refractivity contribution in [2.45, 2.75) is 0 Å². The lowest BCUT2D eigenvalue weighted by Crippen LogP contribution is -2.15. The van der Waals surface area contributed by atoms with Crippen LogP contribution in [-0.4, -0.2) is 13.0 Å². The molecule has 0 bridgehead atoms. The number of hydrogen-bond acceptors (Lipinski definition) is 3. The first-order valence-corrected chi connectivity index (χ1v) is 5.72. The van der Waals surface area contributed by atoms with Gasteiger partial charge >= 0.3 is 0 Å². The molecule has 104 valence electrons. The Morgan fingerprint density at radius 2 is 1.85 bits per heavy atom. The molecule has 3 N–H and O–H groups in total. The second-order valence-corrected chi connectivity index (χ2v) is 4.01. The van der Waals surface area contributed by atoms with E-state index >= 15 is 0 Å². The van der Waals surface area contributed by atoms with Gasteiger partial charge in [0.25, 0.3) is 5.91 Å². The Bertz CT molecular complexity index is 639. The van der Waals surface area contributed by atoms with Gasteiger partial charge in [0.1, 0.15) is 22.9 Å². The van der Waals surface area contributed by atoms with Crippen LogP contribution < -0.4 is 15.8 Å². The molecule has 0 spiro atoms. The second-order valence-electron chi connectivity index (χ2n) is 4.01. The third kappa shape index (κ3) is 2.69. The van der Waals surface area contributed by atoms with Crippen LogP contribution in [0.3, 0.4) is 0 Å². The number of rotatable bonds is 3. The zero-order chi connectivity index (χ0) is 14.7. The maximum Gasteiger partial charge on any atom is 0.261 e. The van der Waals surface area contributed by atoms with Crippen molar-refractivity contribution < 1.29 is 18.3 Å². The molecule has 0 aliphatic heterocycles. The topological polar surface area (TPSA) is 64.3 Å². The van der Waals surface area contributed by atoms with Crippen molar-refractivity contribution >= 4 is 17.3 Å². The molecular weight excluding hydrogens is 266 g/mol. The number of ether oxygens (including phenoxy) is 1. The number of nitrogens with two attached hydrogens (primary N) is 1. The fraction of sp³-hybridized carbons (Fsp3) is 0.0714. The number of nitrogens with one attached hydrogen (secondary N) is 1. The van der Waals surface area contributed by atoms with E-state index < -0.39 is 23.1 Å². The summed E-state index contributed by atoms with van der Waals surface area (Å²) in [6, 6.07) is 7.71. The summed E-state index contributed by atoms with van der Waals surface area (Å²) >= 11 is 0. The van der Waals surface area contributed by atoms with E-state index in [2.05, 4.69) is 5.32 Å². The molecule has 0 aliphatic rings. The highest BCUT2D eigenvalue weighted by Crippen LogP contribution is 2.25. The van der Waals surface area contributed by atoms with Crippen molar-refractivity contribution in [3.8, 4) is 5.75 Å². The normalized spacial score (nSPS) is 10.2. The number of halogens is 2. The molecule has 0 aromatic heterocycles. The number of methoxy groups -OCH3 is 1. The van der Waals surface area contributed by atoms with Crippen molar-refractivity contribution in [2.24, 2.45) is 0 Å². The van der Waals surface area contributed by atoms with Crippen molar-refractivity contribution in [3.63, 3.8) is 0 Å². The smallest absolute Gasteiger partial charge is 0.261 e.